The highest BCUT2D eigenvalue weighted by Gasteiger charge is 2.38. The molecule has 0 aromatic heterocycles. The Hall–Kier alpha value is -2.33. The number of carbonyl (C=O) groups excluding carboxylic acids is 2. The molecule has 0 fully saturated rings. The molecule has 1 aliphatic heterocycles. The number of nitrogens with zero attached hydrogens (tertiary/aromatic N) is 1. The summed E-state index contributed by atoms with van der Waals surface area (Å²) in [6.07, 6.45) is 1.92. The maximum Gasteiger partial charge on any atom is 0.239 e. The Balaban J connectivity index is 2.09. The van der Waals surface area contributed by atoms with E-state index in [1.165, 1.54) is 11.8 Å². The van der Waals surface area contributed by atoms with Gasteiger partial charge in [-0.15, -0.1) is 11.8 Å². The van der Waals surface area contributed by atoms with E-state index in [2.05, 4.69) is 0 Å². The topological polar surface area (TPSA) is 37.4 Å². The summed E-state index contributed by atoms with van der Waals surface area (Å²) in [5.41, 5.74) is 3.17. The molecule has 0 saturated carbocycles. The second kappa shape index (κ2) is 6.65. The molecular formula is C20H19NO2S. The van der Waals surface area contributed by atoms with Crippen LogP contribution in [0.2, 0.25) is 0 Å². The predicted molar refractivity (Wildman–Crippen MR) is 99.6 cm³/mol. The lowest BCUT2D eigenvalue weighted by atomic mass is 9.95. The van der Waals surface area contributed by atoms with Crippen LogP contribution in [0.1, 0.15) is 28.8 Å². The Morgan fingerprint density at radius 2 is 1.67 bits per heavy atom. The number of carbonyl (C=O) groups is 2. The molecule has 0 radical (unpaired) electrons. The fourth-order valence-electron chi connectivity index (χ4n) is 3.14. The van der Waals surface area contributed by atoms with Gasteiger partial charge in [0.05, 0.1) is 5.92 Å². The SMILES string of the molecule is CS/C(=C(/C)C(=O)c1ccccc1)C1C(=O)N(C)c2ccccc21. The molecule has 2 aromatic carbocycles. The van der Waals surface area contributed by atoms with Gasteiger partial charge in [-0.25, -0.2) is 0 Å². The lowest BCUT2D eigenvalue weighted by molar-refractivity contribution is -0.118. The van der Waals surface area contributed by atoms with E-state index in [4.69, 9.17) is 0 Å². The fraction of sp³-hybridized carbons (Fsp3) is 0.200. The fourth-order valence-corrected chi connectivity index (χ4v) is 4.00. The molecule has 0 N–H and O–H groups in total. The van der Waals surface area contributed by atoms with Crippen LogP contribution in [0.25, 0.3) is 0 Å². The minimum absolute atomic E-state index is 0.0146. The van der Waals surface area contributed by atoms with Crippen molar-refractivity contribution in [1.82, 2.24) is 0 Å². The highest BCUT2D eigenvalue weighted by atomic mass is 32.2. The van der Waals surface area contributed by atoms with E-state index >= 15 is 0 Å². The first-order chi connectivity index (χ1) is 11.6. The third-order valence-electron chi connectivity index (χ3n) is 4.41. The third kappa shape index (κ3) is 2.67. The van der Waals surface area contributed by atoms with Crippen molar-refractivity contribution < 1.29 is 9.59 Å². The second-order valence-corrected chi connectivity index (χ2v) is 6.63. The van der Waals surface area contributed by atoms with Crippen LogP contribution in [-0.2, 0) is 4.79 Å². The summed E-state index contributed by atoms with van der Waals surface area (Å²) in [5.74, 6) is -0.408. The van der Waals surface area contributed by atoms with E-state index in [0.717, 1.165) is 16.2 Å². The molecule has 0 bridgehead atoms. The summed E-state index contributed by atoms with van der Waals surface area (Å²) in [6.45, 7) is 1.81. The third-order valence-corrected chi connectivity index (χ3v) is 5.40. The molecule has 0 aliphatic carbocycles. The zero-order valence-corrected chi connectivity index (χ0v) is 14.8. The molecule has 3 rings (SSSR count). The van der Waals surface area contributed by atoms with Gasteiger partial charge in [0.2, 0.25) is 5.91 Å². The van der Waals surface area contributed by atoms with E-state index in [9.17, 15) is 9.59 Å². The first-order valence-corrected chi connectivity index (χ1v) is 8.99. The molecule has 1 unspecified atom stereocenters. The summed E-state index contributed by atoms with van der Waals surface area (Å²) in [7, 11) is 1.79. The number of ketones is 1. The van der Waals surface area contributed by atoms with Crippen molar-refractivity contribution in [3.63, 3.8) is 0 Å². The number of thioether (sulfide) groups is 1. The molecule has 1 aliphatic rings. The zero-order valence-electron chi connectivity index (χ0n) is 13.9. The molecule has 0 spiro atoms. The molecular weight excluding hydrogens is 318 g/mol. The first kappa shape index (κ1) is 16.5. The van der Waals surface area contributed by atoms with Gasteiger partial charge < -0.3 is 4.90 Å². The first-order valence-electron chi connectivity index (χ1n) is 7.77. The largest absolute Gasteiger partial charge is 0.314 e. The lowest BCUT2D eigenvalue weighted by Gasteiger charge is -2.16. The molecule has 2 aromatic rings. The van der Waals surface area contributed by atoms with Crippen LogP contribution < -0.4 is 4.90 Å². The van der Waals surface area contributed by atoms with Crippen LogP contribution in [0, 0.1) is 0 Å². The Bertz CT molecular complexity index is 827. The summed E-state index contributed by atoms with van der Waals surface area (Å²) in [5, 5.41) is 0. The number of amides is 1. The van der Waals surface area contributed by atoms with Crippen molar-refractivity contribution in [3.8, 4) is 0 Å². The van der Waals surface area contributed by atoms with Gasteiger partial charge in [-0.1, -0.05) is 48.5 Å². The van der Waals surface area contributed by atoms with Crippen LogP contribution in [0.15, 0.2) is 65.1 Å². The Labute approximate surface area is 146 Å². The Morgan fingerprint density at radius 3 is 2.33 bits per heavy atom. The van der Waals surface area contributed by atoms with Gasteiger partial charge in [0.25, 0.3) is 0 Å². The van der Waals surface area contributed by atoms with Crippen LogP contribution in [0.4, 0.5) is 5.69 Å². The maximum absolute atomic E-state index is 12.8. The monoisotopic (exact) mass is 337 g/mol. The van der Waals surface area contributed by atoms with Gasteiger partial charge in [0.15, 0.2) is 5.78 Å². The number of rotatable bonds is 4. The molecule has 1 atom stereocenters. The maximum atomic E-state index is 12.8. The van der Waals surface area contributed by atoms with Gasteiger partial charge in [-0.05, 0) is 24.8 Å². The van der Waals surface area contributed by atoms with Crippen molar-refractivity contribution in [1.29, 1.82) is 0 Å². The summed E-state index contributed by atoms with van der Waals surface area (Å²) in [6, 6.07) is 17.0. The number of hydrogen-bond acceptors (Lipinski definition) is 3. The summed E-state index contributed by atoms with van der Waals surface area (Å²) >= 11 is 1.48. The lowest BCUT2D eigenvalue weighted by Crippen LogP contribution is -2.25. The number of Topliss-reactive ketones (excluding diaryl/α,β-unsaturated/α-hetero) is 1. The number of hydrogen-bond donors (Lipinski definition) is 0. The van der Waals surface area contributed by atoms with Gasteiger partial charge in [0.1, 0.15) is 0 Å². The van der Waals surface area contributed by atoms with Crippen molar-refractivity contribution in [3.05, 3.63) is 76.2 Å². The van der Waals surface area contributed by atoms with Gasteiger partial charge in [-0.2, -0.15) is 0 Å². The smallest absolute Gasteiger partial charge is 0.239 e. The average Bonchev–Trinajstić information content (AvgIpc) is 2.88. The minimum atomic E-state index is -0.395. The molecule has 24 heavy (non-hydrogen) atoms. The standard InChI is InChI=1S/C20H19NO2S/c1-13(18(22)14-9-5-4-6-10-14)19(24-3)17-15-11-7-8-12-16(15)21(2)20(17)23/h4-12,17H,1-3H3/b19-13-. The van der Waals surface area contributed by atoms with Crippen molar-refractivity contribution in [2.24, 2.45) is 0 Å². The predicted octanol–water partition coefficient (Wildman–Crippen LogP) is 4.27. The summed E-state index contributed by atoms with van der Waals surface area (Å²) < 4.78 is 0. The molecule has 0 saturated heterocycles. The van der Waals surface area contributed by atoms with Crippen LogP contribution in [0.3, 0.4) is 0 Å². The normalized spacial score (nSPS) is 17.5. The highest BCUT2D eigenvalue weighted by molar-refractivity contribution is 8.02. The van der Waals surface area contributed by atoms with Crippen LogP contribution >= 0.6 is 11.8 Å². The van der Waals surface area contributed by atoms with Gasteiger partial charge in [0, 0.05) is 28.8 Å². The van der Waals surface area contributed by atoms with Gasteiger partial charge in [-0.3, -0.25) is 9.59 Å². The number of likely N-dealkylation sites (N-methyl/N-ethyl adjacent to an activating group) is 1. The minimum Gasteiger partial charge on any atom is -0.314 e. The molecule has 3 nitrogen and oxygen atoms in total. The highest BCUT2D eigenvalue weighted by Crippen LogP contribution is 2.44. The molecule has 1 heterocycles. The van der Waals surface area contributed by atoms with Crippen molar-refractivity contribution in [2.45, 2.75) is 12.8 Å². The number of anilines is 1. The second-order valence-electron chi connectivity index (χ2n) is 5.78. The number of benzene rings is 2. The zero-order chi connectivity index (χ0) is 17.3. The Morgan fingerprint density at radius 1 is 1.04 bits per heavy atom. The van der Waals surface area contributed by atoms with E-state index in [0.29, 0.717) is 11.1 Å². The quantitative estimate of drug-likeness (QED) is 0.618. The number of para-hydroxylation sites is 1. The van der Waals surface area contributed by atoms with Crippen molar-refractivity contribution >= 4 is 29.1 Å². The summed E-state index contributed by atoms with van der Waals surface area (Å²) in [4.78, 5) is 28.1. The number of fused-ring (bicyclic) bond motifs is 1. The van der Waals surface area contributed by atoms with E-state index in [1.54, 1.807) is 24.1 Å². The number of allylic oxidation sites excluding steroid dienone is 1. The average molecular weight is 337 g/mol. The van der Waals surface area contributed by atoms with Gasteiger partial charge >= 0.3 is 0 Å². The molecule has 1 amide bonds. The van der Waals surface area contributed by atoms with Crippen molar-refractivity contribution in [2.75, 3.05) is 18.2 Å². The Kier molecular flexibility index (Phi) is 4.58. The molecule has 4 heteroatoms. The van der Waals surface area contributed by atoms with Crippen LogP contribution in [0.5, 0.6) is 0 Å². The van der Waals surface area contributed by atoms with E-state index < -0.39 is 5.92 Å². The molecule has 122 valence electrons. The van der Waals surface area contributed by atoms with Crippen LogP contribution in [-0.4, -0.2) is 25.0 Å². The van der Waals surface area contributed by atoms with E-state index in [1.807, 2.05) is 55.6 Å². The van der Waals surface area contributed by atoms with E-state index in [-0.39, 0.29) is 11.7 Å².